The van der Waals surface area contributed by atoms with Crippen LogP contribution in [0.1, 0.15) is 36.6 Å². The quantitative estimate of drug-likeness (QED) is 0.0954. The molecule has 1 atom stereocenters. The first-order valence-corrected chi connectivity index (χ1v) is 15.4. The van der Waals surface area contributed by atoms with Gasteiger partial charge in [-0.2, -0.15) is 5.10 Å². The number of methoxy groups -OCH3 is 1. The van der Waals surface area contributed by atoms with E-state index >= 15 is 0 Å². The third kappa shape index (κ3) is 8.94. The van der Waals surface area contributed by atoms with Crippen LogP contribution in [0.15, 0.2) is 75.4 Å². The van der Waals surface area contributed by atoms with Crippen LogP contribution < -0.4 is 30.3 Å². The maximum absolute atomic E-state index is 13.1. The molecule has 14 heteroatoms. The highest BCUT2D eigenvalue weighted by atomic mass is 127. The first-order chi connectivity index (χ1) is 21.6. The highest BCUT2D eigenvalue weighted by Crippen LogP contribution is 2.35. The summed E-state index contributed by atoms with van der Waals surface area (Å²) < 4.78 is 36.8. The summed E-state index contributed by atoms with van der Waals surface area (Å²) >= 11 is 5.63. The van der Waals surface area contributed by atoms with E-state index in [4.69, 9.17) is 18.9 Å². The Balaban J connectivity index is 1.35. The van der Waals surface area contributed by atoms with Gasteiger partial charge in [0, 0.05) is 5.70 Å². The summed E-state index contributed by atoms with van der Waals surface area (Å²) in [5.41, 5.74) is 5.15. The predicted molar refractivity (Wildman–Crippen MR) is 176 cm³/mol. The smallest absolute Gasteiger partial charge is 0.338 e. The number of benzene rings is 3. The fourth-order valence-electron chi connectivity index (χ4n) is 4.29. The lowest BCUT2D eigenvalue weighted by molar-refractivity contribution is -0.139. The van der Waals surface area contributed by atoms with Gasteiger partial charge in [-0.3, -0.25) is 4.79 Å². The average Bonchev–Trinajstić information content (AvgIpc) is 3.00. The van der Waals surface area contributed by atoms with Gasteiger partial charge in [0.1, 0.15) is 18.2 Å². The molecule has 0 spiro atoms. The van der Waals surface area contributed by atoms with Gasteiger partial charge in [0.05, 0.1) is 39.6 Å². The maximum atomic E-state index is 13.1. The maximum Gasteiger partial charge on any atom is 0.338 e. The number of hydrogen-bond donors (Lipinski definition) is 3. The number of hydrazone groups is 1. The van der Waals surface area contributed by atoms with Gasteiger partial charge >= 0.3 is 12.0 Å². The Morgan fingerprint density at radius 2 is 1.87 bits per heavy atom. The second-order valence-electron chi connectivity index (χ2n) is 9.51. The largest absolute Gasteiger partial charge is 0.493 e. The number of carbonyl (C=O) groups excluding carboxylic acids is 3. The van der Waals surface area contributed by atoms with Gasteiger partial charge in [-0.05, 0) is 105 Å². The second-order valence-corrected chi connectivity index (χ2v) is 11.5. The standard InChI is InChI=1S/C31H29BrFIN4O7/c1-4-43-30(40)27-17(2)36-31(41)37-28(27)20-7-10-24(25(13-20)42-3)44-16-26(39)38-35-14-19-11-22(32)29(23(34)12-19)45-15-18-5-8-21(33)9-6-18/h5-14,28H,4,15-16H2,1-3H3,(H,38,39)(H2,36,37,41)/b35-14-/t28-/m0/s1. The van der Waals surface area contributed by atoms with Gasteiger partial charge in [0.25, 0.3) is 5.91 Å². The van der Waals surface area contributed by atoms with Gasteiger partial charge in [0.2, 0.25) is 0 Å². The number of allylic oxidation sites excluding steroid dienone is 1. The van der Waals surface area contributed by atoms with Crippen LogP contribution in [-0.4, -0.2) is 44.4 Å². The summed E-state index contributed by atoms with van der Waals surface area (Å²) in [4.78, 5) is 37.2. The Bertz CT molecular complexity index is 1630. The molecule has 11 nitrogen and oxygen atoms in total. The van der Waals surface area contributed by atoms with Crippen molar-refractivity contribution in [2.45, 2.75) is 26.5 Å². The number of halogens is 3. The Kier molecular flexibility index (Phi) is 11.8. The fourth-order valence-corrected chi connectivity index (χ4v) is 6.06. The van der Waals surface area contributed by atoms with Crippen molar-refractivity contribution in [1.82, 2.24) is 16.1 Å². The van der Waals surface area contributed by atoms with Crippen LogP contribution in [-0.2, 0) is 20.9 Å². The fraction of sp³-hybridized carbons (Fsp3) is 0.226. The molecule has 3 aromatic carbocycles. The number of ether oxygens (including phenoxy) is 4. The third-order valence-electron chi connectivity index (χ3n) is 6.36. The highest BCUT2D eigenvalue weighted by Gasteiger charge is 2.32. The number of rotatable bonds is 12. The zero-order valence-corrected chi connectivity index (χ0v) is 28.2. The Morgan fingerprint density at radius 1 is 1.11 bits per heavy atom. The molecule has 0 bridgehead atoms. The minimum absolute atomic E-state index is 0.177. The molecule has 1 aliphatic rings. The molecule has 0 saturated carbocycles. The number of esters is 1. The summed E-state index contributed by atoms with van der Waals surface area (Å²) in [5, 5.41) is 9.32. The topological polar surface area (TPSA) is 137 Å². The lowest BCUT2D eigenvalue weighted by Crippen LogP contribution is -2.45. The Morgan fingerprint density at radius 3 is 2.56 bits per heavy atom. The van der Waals surface area contributed by atoms with Crippen LogP contribution in [0, 0.1) is 9.39 Å². The van der Waals surface area contributed by atoms with Gasteiger partial charge in [-0.1, -0.05) is 18.2 Å². The lowest BCUT2D eigenvalue weighted by Gasteiger charge is -2.28. The molecule has 0 aromatic heterocycles. The van der Waals surface area contributed by atoms with E-state index < -0.39 is 23.9 Å². The van der Waals surface area contributed by atoms with E-state index in [0.29, 0.717) is 32.8 Å². The third-order valence-corrected chi connectivity index (χ3v) is 7.75. The molecule has 0 saturated heterocycles. The van der Waals surface area contributed by atoms with Crippen molar-refractivity contribution in [1.29, 1.82) is 0 Å². The average molecular weight is 795 g/mol. The Hall–Kier alpha value is -4.18. The molecule has 236 valence electrons. The molecule has 3 amide bonds. The van der Waals surface area contributed by atoms with Crippen molar-refractivity contribution in [3.05, 3.63) is 96.4 Å². The molecule has 1 heterocycles. The van der Waals surface area contributed by atoms with E-state index in [-0.39, 0.29) is 37.0 Å². The molecule has 4 rings (SSSR count). The van der Waals surface area contributed by atoms with E-state index in [2.05, 4.69) is 59.7 Å². The van der Waals surface area contributed by atoms with Gasteiger partial charge in [-0.25, -0.2) is 19.4 Å². The lowest BCUT2D eigenvalue weighted by atomic mass is 9.95. The summed E-state index contributed by atoms with van der Waals surface area (Å²) in [6, 6.07) is 13.3. The van der Waals surface area contributed by atoms with Gasteiger partial charge in [0.15, 0.2) is 18.1 Å². The van der Waals surface area contributed by atoms with E-state index in [9.17, 15) is 18.8 Å². The number of hydrogen-bond acceptors (Lipinski definition) is 8. The zero-order valence-electron chi connectivity index (χ0n) is 24.4. The van der Waals surface area contributed by atoms with E-state index in [1.807, 2.05) is 6.07 Å². The summed E-state index contributed by atoms with van der Waals surface area (Å²) in [5.74, 6) is -0.195. The SMILES string of the molecule is CCOC(=O)C1=C(C)NC(=O)N[C@H]1c1ccc(OCC(=O)N/N=C\c2cc(Br)c(OCc3ccc(F)cc3)c(I)c2)c(OC)c1. The van der Waals surface area contributed by atoms with Crippen molar-refractivity contribution in [3.8, 4) is 17.2 Å². The summed E-state index contributed by atoms with van der Waals surface area (Å²) in [6.45, 7) is 3.40. The minimum Gasteiger partial charge on any atom is -0.493 e. The van der Waals surface area contributed by atoms with Crippen molar-refractivity contribution in [2.75, 3.05) is 20.3 Å². The molecular weight excluding hydrogens is 766 g/mol. The Labute approximate surface area is 280 Å². The number of nitrogens with zero attached hydrogens (tertiary/aromatic N) is 1. The zero-order chi connectivity index (χ0) is 32.5. The van der Waals surface area contributed by atoms with Crippen molar-refractivity contribution in [3.63, 3.8) is 0 Å². The van der Waals surface area contributed by atoms with Crippen LogP contribution in [0.5, 0.6) is 17.2 Å². The molecule has 3 N–H and O–H groups in total. The first kappa shape index (κ1) is 33.7. The number of amides is 3. The van der Waals surface area contributed by atoms with Crippen LogP contribution in [0.25, 0.3) is 0 Å². The minimum atomic E-state index is -0.781. The van der Waals surface area contributed by atoms with Crippen LogP contribution >= 0.6 is 38.5 Å². The predicted octanol–water partition coefficient (Wildman–Crippen LogP) is 5.50. The van der Waals surface area contributed by atoms with Crippen molar-refractivity contribution >= 4 is 62.6 Å². The normalized spacial score (nSPS) is 14.4. The summed E-state index contributed by atoms with van der Waals surface area (Å²) in [6.07, 6.45) is 1.48. The van der Waals surface area contributed by atoms with Crippen molar-refractivity contribution in [2.24, 2.45) is 5.10 Å². The monoisotopic (exact) mass is 794 g/mol. The van der Waals surface area contributed by atoms with Gasteiger partial charge < -0.3 is 29.6 Å². The molecule has 1 aliphatic heterocycles. The second kappa shape index (κ2) is 15.7. The molecule has 3 aromatic rings. The number of carbonyl (C=O) groups is 3. The van der Waals surface area contributed by atoms with E-state index in [1.54, 1.807) is 50.2 Å². The van der Waals surface area contributed by atoms with E-state index in [0.717, 1.165) is 9.13 Å². The molecule has 0 unspecified atom stereocenters. The number of urea groups is 1. The van der Waals surface area contributed by atoms with Crippen molar-refractivity contribution < 1.29 is 37.7 Å². The van der Waals surface area contributed by atoms with Gasteiger partial charge in [-0.15, -0.1) is 0 Å². The molecule has 0 radical (unpaired) electrons. The number of nitrogens with one attached hydrogen (secondary N) is 3. The molecule has 0 aliphatic carbocycles. The summed E-state index contributed by atoms with van der Waals surface area (Å²) in [7, 11) is 1.43. The van der Waals surface area contributed by atoms with Crippen LogP contribution in [0.4, 0.5) is 9.18 Å². The van der Waals surface area contributed by atoms with Crippen LogP contribution in [0.2, 0.25) is 0 Å². The highest BCUT2D eigenvalue weighted by molar-refractivity contribution is 14.1. The molecule has 0 fully saturated rings. The molecule has 45 heavy (non-hydrogen) atoms. The first-order valence-electron chi connectivity index (χ1n) is 13.5. The van der Waals surface area contributed by atoms with Crippen LogP contribution in [0.3, 0.4) is 0 Å². The van der Waals surface area contributed by atoms with E-state index in [1.165, 1.54) is 25.5 Å². The molecular formula is C31H29BrFIN4O7.